The van der Waals surface area contributed by atoms with Gasteiger partial charge in [-0.15, -0.1) is 11.8 Å². The average Bonchev–Trinajstić information content (AvgIpc) is 2.77. The van der Waals surface area contributed by atoms with Crippen LogP contribution in [-0.4, -0.2) is 22.4 Å². The number of benzene rings is 2. The maximum Gasteiger partial charge on any atom is 0.325 e. The lowest BCUT2D eigenvalue weighted by atomic mass is 10.1. The smallest absolute Gasteiger partial charge is 0.324 e. The van der Waals surface area contributed by atoms with Gasteiger partial charge in [0.2, 0.25) is 0 Å². The Morgan fingerprint density at radius 1 is 1.00 bits per heavy atom. The Morgan fingerprint density at radius 3 is 2.33 bits per heavy atom. The van der Waals surface area contributed by atoms with Crippen LogP contribution < -0.4 is 5.32 Å². The fraction of sp³-hybridized carbons (Fsp3) is 0.263. The second-order valence-corrected chi connectivity index (χ2v) is 7.35. The van der Waals surface area contributed by atoms with Crippen molar-refractivity contribution in [3.05, 3.63) is 65.7 Å². The van der Waals surface area contributed by atoms with Gasteiger partial charge in [0.1, 0.15) is 5.54 Å². The summed E-state index contributed by atoms with van der Waals surface area (Å²) >= 11 is 1.72. The minimum Gasteiger partial charge on any atom is -0.324 e. The third-order valence-corrected chi connectivity index (χ3v) is 5.17. The Balaban J connectivity index is 1.75. The highest BCUT2D eigenvalue weighted by Crippen LogP contribution is 2.28. The van der Waals surface area contributed by atoms with Gasteiger partial charge in [0, 0.05) is 10.6 Å². The standard InChI is InChI=1S/C19H20N2O2S/c1-19(2)17(22)21(18(23)20-19)12-15-10-6-7-11-16(15)24-13-14-8-4-3-5-9-14/h3-11H,12-13H2,1-2H3,(H,20,23). The van der Waals surface area contributed by atoms with Gasteiger partial charge in [0.05, 0.1) is 6.54 Å². The zero-order valence-electron chi connectivity index (χ0n) is 13.8. The molecule has 1 heterocycles. The number of rotatable bonds is 5. The number of amides is 3. The van der Waals surface area contributed by atoms with Gasteiger partial charge >= 0.3 is 6.03 Å². The van der Waals surface area contributed by atoms with Crippen molar-refractivity contribution in [3.63, 3.8) is 0 Å². The Morgan fingerprint density at radius 2 is 1.67 bits per heavy atom. The highest BCUT2D eigenvalue weighted by molar-refractivity contribution is 7.98. The van der Waals surface area contributed by atoms with E-state index >= 15 is 0 Å². The van der Waals surface area contributed by atoms with Gasteiger partial charge in [0.15, 0.2) is 0 Å². The van der Waals surface area contributed by atoms with Crippen LogP contribution in [0.1, 0.15) is 25.0 Å². The number of hydrogen-bond donors (Lipinski definition) is 1. The van der Waals surface area contributed by atoms with Gasteiger partial charge in [-0.3, -0.25) is 9.69 Å². The Kier molecular flexibility index (Phi) is 4.62. The Bertz CT molecular complexity index is 759. The molecule has 3 rings (SSSR count). The summed E-state index contributed by atoms with van der Waals surface area (Å²) in [7, 11) is 0. The van der Waals surface area contributed by atoms with Crippen molar-refractivity contribution in [3.8, 4) is 0 Å². The van der Waals surface area contributed by atoms with Gasteiger partial charge < -0.3 is 5.32 Å². The molecule has 0 radical (unpaired) electrons. The van der Waals surface area contributed by atoms with E-state index in [1.54, 1.807) is 25.6 Å². The molecule has 1 aliphatic heterocycles. The van der Waals surface area contributed by atoms with E-state index in [0.717, 1.165) is 16.2 Å². The summed E-state index contributed by atoms with van der Waals surface area (Å²) in [6.07, 6.45) is 0. The number of imide groups is 1. The summed E-state index contributed by atoms with van der Waals surface area (Å²) in [5.41, 5.74) is 1.40. The molecular weight excluding hydrogens is 320 g/mol. The van der Waals surface area contributed by atoms with Crippen LogP contribution in [0.5, 0.6) is 0 Å². The maximum atomic E-state index is 12.4. The lowest BCUT2D eigenvalue weighted by Gasteiger charge is -2.17. The minimum atomic E-state index is -0.830. The van der Waals surface area contributed by atoms with Crippen molar-refractivity contribution in [2.45, 2.75) is 36.6 Å². The van der Waals surface area contributed by atoms with Crippen molar-refractivity contribution in [1.29, 1.82) is 0 Å². The van der Waals surface area contributed by atoms with E-state index in [1.165, 1.54) is 10.5 Å². The fourth-order valence-electron chi connectivity index (χ4n) is 2.64. The Labute approximate surface area is 146 Å². The first-order valence-electron chi connectivity index (χ1n) is 7.86. The number of urea groups is 1. The topological polar surface area (TPSA) is 49.4 Å². The summed E-state index contributed by atoms with van der Waals surface area (Å²) in [6.45, 7) is 3.75. The number of nitrogens with one attached hydrogen (secondary N) is 1. The molecule has 2 aromatic rings. The van der Waals surface area contributed by atoms with Crippen LogP contribution in [-0.2, 0) is 17.1 Å². The number of thioether (sulfide) groups is 1. The van der Waals surface area contributed by atoms with E-state index in [2.05, 4.69) is 17.4 Å². The minimum absolute atomic E-state index is 0.185. The maximum absolute atomic E-state index is 12.4. The molecule has 1 fully saturated rings. The van der Waals surface area contributed by atoms with Gasteiger partial charge in [0.25, 0.3) is 5.91 Å². The largest absolute Gasteiger partial charge is 0.325 e. The van der Waals surface area contributed by atoms with Gasteiger partial charge in [-0.1, -0.05) is 48.5 Å². The monoisotopic (exact) mass is 340 g/mol. The molecule has 0 unspecified atom stereocenters. The SMILES string of the molecule is CC1(C)NC(=O)N(Cc2ccccc2SCc2ccccc2)C1=O. The fourth-order valence-corrected chi connectivity index (χ4v) is 3.65. The molecule has 0 aromatic heterocycles. The molecule has 124 valence electrons. The molecule has 24 heavy (non-hydrogen) atoms. The summed E-state index contributed by atoms with van der Waals surface area (Å²) in [5, 5.41) is 2.72. The third kappa shape index (κ3) is 3.46. The lowest BCUT2D eigenvalue weighted by molar-refractivity contribution is -0.130. The molecule has 2 aromatic carbocycles. The molecule has 3 amide bonds. The number of carbonyl (C=O) groups is 2. The summed E-state index contributed by atoms with van der Waals surface area (Å²) < 4.78 is 0. The van der Waals surface area contributed by atoms with E-state index in [9.17, 15) is 9.59 Å². The molecule has 0 saturated carbocycles. The zero-order valence-corrected chi connectivity index (χ0v) is 14.6. The van der Waals surface area contributed by atoms with Crippen LogP contribution in [0.4, 0.5) is 4.79 Å². The van der Waals surface area contributed by atoms with Crippen molar-refractivity contribution >= 4 is 23.7 Å². The Hall–Kier alpha value is -2.27. The number of hydrogen-bond acceptors (Lipinski definition) is 3. The van der Waals surface area contributed by atoms with E-state index in [1.807, 2.05) is 42.5 Å². The second-order valence-electron chi connectivity index (χ2n) is 6.33. The van der Waals surface area contributed by atoms with Gasteiger partial charge in [-0.25, -0.2) is 4.79 Å². The molecular formula is C19H20N2O2S. The van der Waals surface area contributed by atoms with E-state index < -0.39 is 5.54 Å². The molecule has 1 saturated heterocycles. The summed E-state index contributed by atoms with van der Waals surface area (Å²) in [4.78, 5) is 26.8. The van der Waals surface area contributed by atoms with Crippen LogP contribution in [0, 0.1) is 0 Å². The molecule has 4 nitrogen and oxygen atoms in total. The molecule has 1 aliphatic rings. The predicted molar refractivity (Wildman–Crippen MR) is 95.6 cm³/mol. The summed E-state index contributed by atoms with van der Waals surface area (Å²) in [6, 6.07) is 17.8. The molecule has 1 N–H and O–H groups in total. The van der Waals surface area contributed by atoms with Gasteiger partial charge in [-0.05, 0) is 31.0 Å². The second kappa shape index (κ2) is 6.69. The van der Waals surface area contributed by atoms with E-state index in [4.69, 9.17) is 0 Å². The molecule has 0 aliphatic carbocycles. The highest BCUT2D eigenvalue weighted by Gasteiger charge is 2.44. The van der Waals surface area contributed by atoms with Crippen LogP contribution in [0.3, 0.4) is 0 Å². The van der Waals surface area contributed by atoms with Crippen LogP contribution in [0.15, 0.2) is 59.5 Å². The predicted octanol–water partition coefficient (Wildman–Crippen LogP) is 3.81. The first kappa shape index (κ1) is 16.6. The first-order valence-corrected chi connectivity index (χ1v) is 8.85. The molecule has 5 heteroatoms. The van der Waals surface area contributed by atoms with Crippen LogP contribution in [0.25, 0.3) is 0 Å². The normalized spacial score (nSPS) is 16.3. The van der Waals surface area contributed by atoms with Crippen molar-refractivity contribution < 1.29 is 9.59 Å². The van der Waals surface area contributed by atoms with Crippen molar-refractivity contribution in [2.75, 3.05) is 0 Å². The van der Waals surface area contributed by atoms with Crippen LogP contribution >= 0.6 is 11.8 Å². The number of carbonyl (C=O) groups excluding carboxylic acids is 2. The van der Waals surface area contributed by atoms with Crippen molar-refractivity contribution in [2.24, 2.45) is 0 Å². The quantitative estimate of drug-likeness (QED) is 0.665. The molecule has 0 bridgehead atoms. The average molecular weight is 340 g/mol. The summed E-state index contributed by atoms with van der Waals surface area (Å²) in [5.74, 6) is 0.666. The van der Waals surface area contributed by atoms with Crippen molar-refractivity contribution in [1.82, 2.24) is 10.2 Å². The van der Waals surface area contributed by atoms with E-state index in [-0.39, 0.29) is 11.9 Å². The lowest BCUT2D eigenvalue weighted by Crippen LogP contribution is -2.40. The first-order chi connectivity index (χ1) is 11.5. The number of nitrogens with zero attached hydrogens (tertiary/aromatic N) is 1. The highest BCUT2D eigenvalue weighted by atomic mass is 32.2. The third-order valence-electron chi connectivity index (χ3n) is 3.98. The van der Waals surface area contributed by atoms with E-state index in [0.29, 0.717) is 6.54 Å². The molecule has 0 atom stereocenters. The van der Waals surface area contributed by atoms with Crippen LogP contribution in [0.2, 0.25) is 0 Å². The molecule has 0 spiro atoms. The van der Waals surface area contributed by atoms with Gasteiger partial charge in [-0.2, -0.15) is 0 Å². The zero-order chi connectivity index (χ0) is 17.2.